The van der Waals surface area contributed by atoms with E-state index in [1.165, 1.54) is 0 Å². The number of Topliss-reactive ketones (excluding diaryl/α,β-unsaturated/α-hetero) is 1. The highest BCUT2D eigenvalue weighted by atomic mass is 16.4. The number of carbonyl (C=O) groups excluding carboxylic acids is 1. The van der Waals surface area contributed by atoms with Crippen LogP contribution in [-0.4, -0.2) is 28.1 Å². The second-order valence-electron chi connectivity index (χ2n) is 6.72. The second-order valence-corrected chi connectivity index (χ2v) is 6.72. The molecule has 136 valence electrons. The molecular formula is C20H32O4. The number of hydrogen-bond acceptors (Lipinski definition) is 3. The molecule has 1 fully saturated rings. The zero-order valence-corrected chi connectivity index (χ0v) is 14.8. The summed E-state index contributed by atoms with van der Waals surface area (Å²) in [6.07, 6.45) is 15.4. The Hall–Kier alpha value is -1.42. The Morgan fingerprint density at radius 1 is 1.29 bits per heavy atom. The van der Waals surface area contributed by atoms with Gasteiger partial charge in [-0.1, -0.05) is 50.5 Å². The summed E-state index contributed by atoms with van der Waals surface area (Å²) in [5.74, 6) is -0.223. The number of unbranched alkanes of at least 4 members (excludes halogenated alkanes) is 3. The molecule has 4 nitrogen and oxygen atoms in total. The van der Waals surface area contributed by atoms with Gasteiger partial charge in [0.25, 0.3) is 0 Å². The number of allylic oxidation sites excluding steroid dienone is 3. The Bertz CT molecular complexity index is 439. The first kappa shape index (κ1) is 20.6. The predicted molar refractivity (Wildman–Crippen MR) is 95.8 cm³/mol. The molecule has 0 aromatic heterocycles. The Balaban J connectivity index is 2.37. The van der Waals surface area contributed by atoms with Crippen LogP contribution in [0.3, 0.4) is 0 Å². The van der Waals surface area contributed by atoms with Crippen molar-refractivity contribution in [1.82, 2.24) is 0 Å². The van der Waals surface area contributed by atoms with Gasteiger partial charge in [0.15, 0.2) is 0 Å². The van der Waals surface area contributed by atoms with Gasteiger partial charge in [0.05, 0.1) is 6.10 Å². The lowest BCUT2D eigenvalue weighted by Crippen LogP contribution is -2.13. The first-order chi connectivity index (χ1) is 11.5. The second kappa shape index (κ2) is 12.0. The number of ketones is 1. The third-order valence-electron chi connectivity index (χ3n) is 4.66. The van der Waals surface area contributed by atoms with Crippen molar-refractivity contribution in [1.29, 1.82) is 0 Å². The predicted octanol–water partition coefficient (Wildman–Crippen LogP) is 4.28. The lowest BCUT2D eigenvalue weighted by atomic mass is 9.91. The number of hydrogen-bond donors (Lipinski definition) is 2. The van der Waals surface area contributed by atoms with Crippen molar-refractivity contribution < 1.29 is 19.8 Å². The highest BCUT2D eigenvalue weighted by molar-refractivity contribution is 5.83. The maximum Gasteiger partial charge on any atom is 0.303 e. The van der Waals surface area contributed by atoms with Crippen LogP contribution in [0.5, 0.6) is 0 Å². The van der Waals surface area contributed by atoms with Crippen LogP contribution < -0.4 is 0 Å². The summed E-state index contributed by atoms with van der Waals surface area (Å²) < 4.78 is 0. The molecule has 24 heavy (non-hydrogen) atoms. The number of carboxylic acid groups (broad SMARTS) is 1. The first-order valence-corrected chi connectivity index (χ1v) is 9.30. The zero-order chi connectivity index (χ0) is 17.8. The van der Waals surface area contributed by atoms with Gasteiger partial charge in [-0.05, 0) is 38.0 Å². The fraction of sp³-hybridized carbons (Fsp3) is 0.700. The molecule has 0 radical (unpaired) electrons. The average molecular weight is 336 g/mol. The van der Waals surface area contributed by atoms with E-state index in [0.29, 0.717) is 25.0 Å². The molecule has 0 spiro atoms. The molecule has 0 saturated heterocycles. The van der Waals surface area contributed by atoms with Gasteiger partial charge in [0.1, 0.15) is 5.78 Å². The Kier molecular flexibility index (Phi) is 10.3. The SMILES string of the molecule is CCCCC[C@H](O)C=C[C@@H]1CCC(=O)[C@H]1CC=CCCCC(=O)O. The van der Waals surface area contributed by atoms with Crippen molar-refractivity contribution in [2.24, 2.45) is 11.8 Å². The lowest BCUT2D eigenvalue weighted by Gasteiger charge is -2.13. The molecule has 0 bridgehead atoms. The van der Waals surface area contributed by atoms with Gasteiger partial charge in [0, 0.05) is 18.8 Å². The van der Waals surface area contributed by atoms with E-state index in [1.54, 1.807) is 0 Å². The maximum absolute atomic E-state index is 12.0. The third-order valence-corrected chi connectivity index (χ3v) is 4.66. The zero-order valence-electron chi connectivity index (χ0n) is 14.8. The highest BCUT2D eigenvalue weighted by Crippen LogP contribution is 2.33. The van der Waals surface area contributed by atoms with Crippen LogP contribution in [0.1, 0.15) is 71.1 Å². The van der Waals surface area contributed by atoms with E-state index in [-0.39, 0.29) is 18.3 Å². The summed E-state index contributed by atoms with van der Waals surface area (Å²) in [7, 11) is 0. The van der Waals surface area contributed by atoms with E-state index < -0.39 is 12.1 Å². The third kappa shape index (κ3) is 8.44. The molecular weight excluding hydrogens is 304 g/mol. The van der Waals surface area contributed by atoms with Crippen LogP contribution in [0.2, 0.25) is 0 Å². The summed E-state index contributed by atoms with van der Waals surface area (Å²) in [4.78, 5) is 22.5. The lowest BCUT2D eigenvalue weighted by molar-refractivity contribution is -0.137. The molecule has 1 saturated carbocycles. The number of rotatable bonds is 12. The quantitative estimate of drug-likeness (QED) is 0.412. The number of aliphatic hydroxyl groups excluding tert-OH is 1. The van der Waals surface area contributed by atoms with E-state index >= 15 is 0 Å². The van der Waals surface area contributed by atoms with Crippen molar-refractivity contribution in [3.63, 3.8) is 0 Å². The van der Waals surface area contributed by atoms with Gasteiger partial charge in [-0.2, -0.15) is 0 Å². The molecule has 4 heteroatoms. The largest absolute Gasteiger partial charge is 0.481 e. The molecule has 0 unspecified atom stereocenters. The van der Waals surface area contributed by atoms with Crippen LogP contribution in [0.4, 0.5) is 0 Å². The number of aliphatic hydroxyl groups is 1. The van der Waals surface area contributed by atoms with Crippen LogP contribution >= 0.6 is 0 Å². The van der Waals surface area contributed by atoms with Gasteiger partial charge in [-0.25, -0.2) is 0 Å². The molecule has 2 N–H and O–H groups in total. The van der Waals surface area contributed by atoms with Gasteiger partial charge in [-0.3, -0.25) is 9.59 Å². The molecule has 1 aliphatic rings. The normalized spacial score (nSPS) is 22.7. The van der Waals surface area contributed by atoms with Crippen molar-refractivity contribution in [2.75, 3.05) is 0 Å². The molecule has 1 rings (SSSR count). The Morgan fingerprint density at radius 3 is 2.79 bits per heavy atom. The van der Waals surface area contributed by atoms with Crippen LogP contribution in [0.15, 0.2) is 24.3 Å². The smallest absolute Gasteiger partial charge is 0.303 e. The maximum atomic E-state index is 12.0. The van der Waals surface area contributed by atoms with Crippen LogP contribution in [0.25, 0.3) is 0 Å². The minimum Gasteiger partial charge on any atom is -0.481 e. The summed E-state index contributed by atoms with van der Waals surface area (Å²) in [5, 5.41) is 18.6. The van der Waals surface area contributed by atoms with Gasteiger partial charge < -0.3 is 10.2 Å². The molecule has 1 aliphatic carbocycles. The summed E-state index contributed by atoms with van der Waals surface area (Å²) in [5.41, 5.74) is 0. The van der Waals surface area contributed by atoms with E-state index in [2.05, 4.69) is 6.92 Å². The highest BCUT2D eigenvalue weighted by Gasteiger charge is 2.31. The minimum atomic E-state index is -0.767. The standard InChI is InChI=1S/C20H32O4/c1-2-3-6-9-17(21)14-12-16-13-15-19(22)18(16)10-7-4-5-8-11-20(23)24/h4,7,12,14,16-18,21H,2-3,5-6,8-11,13,15H2,1H3,(H,23,24)/t16-,17+,18+/m1/s1. The van der Waals surface area contributed by atoms with E-state index in [1.807, 2.05) is 24.3 Å². The van der Waals surface area contributed by atoms with Crippen molar-refractivity contribution in [3.05, 3.63) is 24.3 Å². The van der Waals surface area contributed by atoms with Crippen LogP contribution in [-0.2, 0) is 9.59 Å². The Morgan fingerprint density at radius 2 is 2.08 bits per heavy atom. The Labute approximate surface area is 145 Å². The minimum absolute atomic E-state index is 0.0137. The van der Waals surface area contributed by atoms with Crippen molar-refractivity contribution >= 4 is 11.8 Å². The number of carboxylic acids is 1. The molecule has 3 atom stereocenters. The average Bonchev–Trinajstić information content (AvgIpc) is 2.89. The number of carbonyl (C=O) groups is 2. The van der Waals surface area contributed by atoms with Crippen molar-refractivity contribution in [2.45, 2.75) is 77.2 Å². The van der Waals surface area contributed by atoms with Gasteiger partial charge in [-0.15, -0.1) is 0 Å². The van der Waals surface area contributed by atoms with E-state index in [4.69, 9.17) is 5.11 Å². The fourth-order valence-electron chi connectivity index (χ4n) is 3.17. The molecule has 0 heterocycles. The number of aliphatic carboxylic acids is 1. The summed E-state index contributed by atoms with van der Waals surface area (Å²) in [6.45, 7) is 2.14. The molecule has 0 aliphatic heterocycles. The van der Waals surface area contributed by atoms with E-state index in [9.17, 15) is 14.7 Å². The summed E-state index contributed by atoms with van der Waals surface area (Å²) >= 11 is 0. The molecule has 0 aromatic carbocycles. The van der Waals surface area contributed by atoms with E-state index in [0.717, 1.165) is 38.5 Å². The fourth-order valence-corrected chi connectivity index (χ4v) is 3.17. The monoisotopic (exact) mass is 336 g/mol. The van der Waals surface area contributed by atoms with Gasteiger partial charge >= 0.3 is 5.97 Å². The van der Waals surface area contributed by atoms with Gasteiger partial charge in [0.2, 0.25) is 0 Å². The van der Waals surface area contributed by atoms with Crippen molar-refractivity contribution in [3.8, 4) is 0 Å². The first-order valence-electron chi connectivity index (χ1n) is 9.30. The van der Waals surface area contributed by atoms with Crippen LogP contribution in [0, 0.1) is 11.8 Å². The molecule has 0 amide bonds. The molecule has 0 aromatic rings. The summed E-state index contributed by atoms with van der Waals surface area (Å²) in [6, 6.07) is 0. The topological polar surface area (TPSA) is 74.6 Å².